The van der Waals surface area contributed by atoms with Crippen LogP contribution >= 0.6 is 0 Å². The number of carbonyl (C=O) groups is 1. The van der Waals surface area contributed by atoms with Crippen LogP contribution in [0.4, 0.5) is 0 Å². The van der Waals surface area contributed by atoms with E-state index >= 15 is 0 Å². The van der Waals surface area contributed by atoms with E-state index in [9.17, 15) is 13.2 Å². The van der Waals surface area contributed by atoms with Gasteiger partial charge in [0.05, 0.1) is 34.5 Å². The number of rotatable bonds is 7. The molecule has 1 aromatic rings. The van der Waals surface area contributed by atoms with Gasteiger partial charge in [-0.25, -0.2) is 13.2 Å². The molecule has 0 unspecified atom stereocenters. The zero-order valence-corrected chi connectivity index (χ0v) is 18.1. The number of sulfonamides is 1. The van der Waals surface area contributed by atoms with Gasteiger partial charge >= 0.3 is 5.97 Å². The first-order valence-electron chi connectivity index (χ1n) is 9.66. The van der Waals surface area contributed by atoms with Crippen molar-refractivity contribution in [3.63, 3.8) is 0 Å². The fourth-order valence-electron chi connectivity index (χ4n) is 3.65. The highest BCUT2D eigenvalue weighted by Gasteiger charge is 2.36. The minimum Gasteiger partial charge on any atom is -0.493 e. The van der Waals surface area contributed by atoms with Gasteiger partial charge in [0.25, 0.3) is 0 Å². The fraction of sp³-hybridized carbons (Fsp3) is 0.550. The van der Waals surface area contributed by atoms with Crippen LogP contribution in [0, 0.1) is 5.92 Å². The van der Waals surface area contributed by atoms with Crippen molar-refractivity contribution in [2.24, 2.45) is 5.92 Å². The van der Waals surface area contributed by atoms with Gasteiger partial charge in [0.1, 0.15) is 4.90 Å². The Morgan fingerprint density at radius 3 is 2.33 bits per heavy atom. The van der Waals surface area contributed by atoms with Crippen LogP contribution in [0.5, 0.6) is 11.5 Å². The van der Waals surface area contributed by atoms with E-state index in [1.165, 1.54) is 43.9 Å². The van der Waals surface area contributed by atoms with Crippen molar-refractivity contribution in [1.82, 2.24) is 4.31 Å². The molecule has 0 amide bonds. The molecule has 166 valence electrons. The quantitative estimate of drug-likeness (QED) is 0.465. The Labute approximate surface area is 176 Å². The van der Waals surface area contributed by atoms with Crippen LogP contribution in [-0.2, 0) is 29.0 Å². The minimum absolute atomic E-state index is 0.0133. The maximum absolute atomic E-state index is 13.4. The highest BCUT2D eigenvalue weighted by Crippen LogP contribution is 2.39. The summed E-state index contributed by atoms with van der Waals surface area (Å²) in [6.07, 6.45) is 3.71. The molecule has 0 N–H and O–H groups in total. The summed E-state index contributed by atoms with van der Waals surface area (Å²) < 4.78 is 54.7. The number of piperidine rings is 1. The largest absolute Gasteiger partial charge is 0.493 e. The molecule has 1 aromatic carbocycles. The van der Waals surface area contributed by atoms with Crippen LogP contribution in [0.1, 0.15) is 18.4 Å². The molecular formula is C20H27NO8S. The van der Waals surface area contributed by atoms with Crippen molar-refractivity contribution >= 4 is 22.1 Å². The Balaban J connectivity index is 1.88. The second kappa shape index (κ2) is 9.78. The van der Waals surface area contributed by atoms with Crippen LogP contribution in [-0.4, -0.2) is 72.6 Å². The summed E-state index contributed by atoms with van der Waals surface area (Å²) in [6, 6.07) is 3.06. The van der Waals surface area contributed by atoms with E-state index < -0.39 is 16.0 Å². The second-order valence-electron chi connectivity index (χ2n) is 6.96. The van der Waals surface area contributed by atoms with Gasteiger partial charge in [-0.3, -0.25) is 0 Å². The maximum atomic E-state index is 13.4. The Morgan fingerprint density at radius 2 is 1.77 bits per heavy atom. The van der Waals surface area contributed by atoms with E-state index in [-0.39, 0.29) is 28.6 Å². The van der Waals surface area contributed by atoms with Crippen LogP contribution in [0.2, 0.25) is 0 Å². The van der Waals surface area contributed by atoms with Crippen LogP contribution in [0.25, 0.3) is 6.08 Å². The van der Waals surface area contributed by atoms with Gasteiger partial charge in [-0.05, 0) is 36.6 Å². The van der Waals surface area contributed by atoms with Crippen molar-refractivity contribution in [3.05, 3.63) is 23.8 Å². The minimum atomic E-state index is -3.85. The normalized spacial score (nSPS) is 19.3. The van der Waals surface area contributed by atoms with Crippen LogP contribution < -0.4 is 9.47 Å². The third-order valence-electron chi connectivity index (χ3n) is 5.23. The lowest BCUT2D eigenvalue weighted by molar-refractivity contribution is -0.134. The molecule has 0 aliphatic carbocycles. The average Bonchev–Trinajstić information content (AvgIpc) is 3.31. The lowest BCUT2D eigenvalue weighted by atomic mass is 9.98. The second-order valence-corrected chi connectivity index (χ2v) is 8.87. The molecule has 30 heavy (non-hydrogen) atoms. The molecule has 9 nitrogen and oxygen atoms in total. The zero-order valence-electron chi connectivity index (χ0n) is 17.3. The number of ether oxygens (including phenoxy) is 5. The SMILES string of the molecule is COC(=O)/C=C/c1cc(OC)c(OC)c(S(=O)(=O)N2CCC(C3OCCO3)CC2)c1. The van der Waals surface area contributed by atoms with Crippen molar-refractivity contribution in [3.8, 4) is 11.5 Å². The summed E-state index contributed by atoms with van der Waals surface area (Å²) in [6.45, 7) is 1.85. The summed E-state index contributed by atoms with van der Waals surface area (Å²) in [5.74, 6) is 0.000328. The van der Waals surface area contributed by atoms with Gasteiger partial charge in [-0.2, -0.15) is 4.31 Å². The lowest BCUT2D eigenvalue weighted by Gasteiger charge is -2.33. The molecule has 0 spiro atoms. The Kier molecular flexibility index (Phi) is 7.35. The molecule has 2 aliphatic heterocycles. The molecule has 0 saturated carbocycles. The van der Waals surface area contributed by atoms with E-state index in [0.29, 0.717) is 44.7 Å². The van der Waals surface area contributed by atoms with Crippen LogP contribution in [0.15, 0.2) is 23.1 Å². The summed E-state index contributed by atoms with van der Waals surface area (Å²) in [4.78, 5) is 11.4. The summed E-state index contributed by atoms with van der Waals surface area (Å²) in [5, 5.41) is 0. The van der Waals surface area contributed by atoms with Gasteiger partial charge in [-0.15, -0.1) is 0 Å². The van der Waals surface area contributed by atoms with E-state index in [4.69, 9.17) is 18.9 Å². The number of hydrogen-bond donors (Lipinski definition) is 0. The number of benzene rings is 1. The summed E-state index contributed by atoms with van der Waals surface area (Å²) >= 11 is 0. The van der Waals surface area contributed by atoms with Gasteiger partial charge < -0.3 is 23.7 Å². The first-order chi connectivity index (χ1) is 14.4. The highest BCUT2D eigenvalue weighted by atomic mass is 32.2. The van der Waals surface area contributed by atoms with Gasteiger partial charge in [-0.1, -0.05) is 0 Å². The Bertz CT molecular complexity index is 884. The van der Waals surface area contributed by atoms with Crippen molar-refractivity contribution in [1.29, 1.82) is 0 Å². The molecule has 2 aliphatic rings. The predicted octanol–water partition coefficient (Wildman–Crippen LogP) is 1.66. The Morgan fingerprint density at radius 1 is 1.10 bits per heavy atom. The van der Waals surface area contributed by atoms with E-state index in [1.807, 2.05) is 0 Å². The third kappa shape index (κ3) is 4.77. The topological polar surface area (TPSA) is 101 Å². The first kappa shape index (κ1) is 22.5. The highest BCUT2D eigenvalue weighted by molar-refractivity contribution is 7.89. The number of hydrogen-bond acceptors (Lipinski definition) is 8. The summed E-state index contributed by atoms with van der Waals surface area (Å²) in [7, 11) is 0.228. The van der Waals surface area contributed by atoms with Crippen molar-refractivity contribution in [2.75, 3.05) is 47.6 Å². The molecule has 0 atom stereocenters. The fourth-order valence-corrected chi connectivity index (χ4v) is 5.32. The van der Waals surface area contributed by atoms with Gasteiger partial charge in [0.2, 0.25) is 10.0 Å². The van der Waals surface area contributed by atoms with Crippen molar-refractivity contribution < 1.29 is 36.9 Å². The van der Waals surface area contributed by atoms with Gasteiger partial charge in [0, 0.05) is 25.1 Å². The number of methoxy groups -OCH3 is 3. The molecule has 2 fully saturated rings. The molecule has 0 radical (unpaired) electrons. The first-order valence-corrected chi connectivity index (χ1v) is 11.1. The summed E-state index contributed by atoms with van der Waals surface area (Å²) in [5.41, 5.74) is 0.472. The third-order valence-corrected chi connectivity index (χ3v) is 7.13. The molecule has 10 heteroatoms. The number of carbonyl (C=O) groups excluding carboxylic acids is 1. The van der Waals surface area contributed by atoms with Gasteiger partial charge in [0.15, 0.2) is 17.8 Å². The smallest absolute Gasteiger partial charge is 0.330 e. The molecule has 2 heterocycles. The van der Waals surface area contributed by atoms with E-state index in [1.54, 1.807) is 6.07 Å². The van der Waals surface area contributed by atoms with E-state index in [0.717, 1.165) is 0 Å². The number of nitrogens with zero attached hydrogens (tertiary/aromatic N) is 1. The zero-order chi connectivity index (χ0) is 21.7. The predicted molar refractivity (Wildman–Crippen MR) is 108 cm³/mol. The molecule has 3 rings (SSSR count). The van der Waals surface area contributed by atoms with E-state index in [2.05, 4.69) is 4.74 Å². The van der Waals surface area contributed by atoms with Crippen molar-refractivity contribution in [2.45, 2.75) is 24.0 Å². The number of esters is 1. The maximum Gasteiger partial charge on any atom is 0.330 e. The Hall–Kier alpha value is -2.14. The average molecular weight is 442 g/mol. The van der Waals surface area contributed by atoms with Crippen LogP contribution in [0.3, 0.4) is 0 Å². The standard InChI is InChI=1S/C20H27NO8S/c1-25-16-12-14(4-5-18(22)26-2)13-17(19(16)27-3)30(23,24)21-8-6-15(7-9-21)20-28-10-11-29-20/h4-5,12-13,15,20H,6-11H2,1-3H3/b5-4+. The molecule has 0 aromatic heterocycles. The molecule has 2 saturated heterocycles. The molecule has 0 bridgehead atoms. The molecular weight excluding hydrogens is 414 g/mol. The lowest BCUT2D eigenvalue weighted by Crippen LogP contribution is -2.41. The monoisotopic (exact) mass is 441 g/mol.